The quantitative estimate of drug-likeness (QED) is 0.289. The summed E-state index contributed by atoms with van der Waals surface area (Å²) in [5.74, 6) is -0.578. The Hall–Kier alpha value is -4.20. The predicted octanol–water partition coefficient (Wildman–Crippen LogP) is 5.69. The lowest BCUT2D eigenvalue weighted by Gasteiger charge is -2.32. The normalized spacial score (nSPS) is 16.1. The molecule has 208 valence electrons. The Labute approximate surface area is 242 Å². The fourth-order valence-electron chi connectivity index (χ4n) is 4.84. The van der Waals surface area contributed by atoms with Gasteiger partial charge in [0, 0.05) is 17.8 Å². The zero-order valence-electron chi connectivity index (χ0n) is 23.9. The second-order valence-electron chi connectivity index (χ2n) is 11.2. The summed E-state index contributed by atoms with van der Waals surface area (Å²) in [5, 5.41) is 3.06. The van der Waals surface area contributed by atoms with Gasteiger partial charge in [-0.1, -0.05) is 91.0 Å². The van der Waals surface area contributed by atoms with Gasteiger partial charge in [0.1, 0.15) is 6.04 Å². The molecule has 1 aliphatic heterocycles. The minimum atomic E-state index is -0.929. The van der Waals surface area contributed by atoms with E-state index in [9.17, 15) is 9.59 Å². The van der Waals surface area contributed by atoms with Crippen molar-refractivity contribution in [1.29, 1.82) is 0 Å². The van der Waals surface area contributed by atoms with Gasteiger partial charge in [0.2, 0.25) is 5.91 Å². The molecular formula is C34H35BN2O4. The molecule has 0 radical (unpaired) electrons. The summed E-state index contributed by atoms with van der Waals surface area (Å²) in [5.41, 5.74) is 2.44. The number of benzene rings is 4. The number of carbonyl (C=O) groups is 2. The molecule has 0 aliphatic carbocycles. The van der Waals surface area contributed by atoms with E-state index in [0.717, 1.165) is 11.0 Å². The maximum Gasteiger partial charge on any atom is 0.494 e. The molecule has 2 amide bonds. The van der Waals surface area contributed by atoms with Crippen LogP contribution in [0.1, 0.15) is 55.2 Å². The summed E-state index contributed by atoms with van der Waals surface area (Å²) < 4.78 is 12.6. The van der Waals surface area contributed by atoms with E-state index in [0.29, 0.717) is 23.4 Å². The average Bonchev–Trinajstić information content (AvgIpc) is 3.22. The highest BCUT2D eigenvalue weighted by Crippen LogP contribution is 2.37. The third-order valence-electron chi connectivity index (χ3n) is 7.84. The number of nitrogens with zero attached hydrogens (tertiary/aromatic N) is 1. The highest BCUT2D eigenvalue weighted by atomic mass is 16.7. The van der Waals surface area contributed by atoms with E-state index in [4.69, 9.17) is 9.31 Å². The summed E-state index contributed by atoms with van der Waals surface area (Å²) in [4.78, 5) is 29.9. The monoisotopic (exact) mass is 546 g/mol. The van der Waals surface area contributed by atoms with Crippen molar-refractivity contribution < 1.29 is 18.9 Å². The third-order valence-corrected chi connectivity index (χ3v) is 7.84. The van der Waals surface area contributed by atoms with Crippen molar-refractivity contribution in [1.82, 2.24) is 5.32 Å². The first-order valence-electron chi connectivity index (χ1n) is 13.9. The Bertz CT molecular complexity index is 1480. The van der Waals surface area contributed by atoms with Gasteiger partial charge in [-0.3, -0.25) is 14.5 Å². The Kier molecular flexibility index (Phi) is 8.11. The molecule has 4 aromatic carbocycles. The van der Waals surface area contributed by atoms with Gasteiger partial charge in [-0.25, -0.2) is 0 Å². The average molecular weight is 546 g/mol. The molecule has 1 N–H and O–H groups in total. The summed E-state index contributed by atoms with van der Waals surface area (Å²) in [6.45, 7) is 8.36. The van der Waals surface area contributed by atoms with Crippen LogP contribution in [0.2, 0.25) is 0 Å². The molecule has 0 aromatic heterocycles. The van der Waals surface area contributed by atoms with Crippen LogP contribution >= 0.6 is 0 Å². The number of amides is 2. The summed E-state index contributed by atoms with van der Waals surface area (Å²) in [7, 11) is -0.615. The fourth-order valence-corrected chi connectivity index (χ4v) is 4.84. The number of hydrogen-bond acceptors (Lipinski definition) is 4. The van der Waals surface area contributed by atoms with Crippen LogP contribution in [0.15, 0.2) is 115 Å². The molecule has 41 heavy (non-hydrogen) atoms. The van der Waals surface area contributed by atoms with E-state index in [-0.39, 0.29) is 11.8 Å². The van der Waals surface area contributed by atoms with E-state index in [2.05, 4.69) is 5.32 Å². The van der Waals surface area contributed by atoms with Gasteiger partial charge in [-0.15, -0.1) is 0 Å². The molecule has 0 unspecified atom stereocenters. The Morgan fingerprint density at radius 2 is 1.32 bits per heavy atom. The number of rotatable bonds is 8. The molecule has 1 heterocycles. The molecule has 0 bridgehead atoms. The molecule has 4 aromatic rings. The van der Waals surface area contributed by atoms with Crippen LogP contribution in [-0.2, 0) is 20.6 Å². The highest BCUT2D eigenvalue weighted by Gasteiger charge is 2.51. The molecule has 1 saturated heterocycles. The minimum Gasteiger partial charge on any atom is -0.399 e. The number of anilines is 1. The SMILES string of the molecule is CC1(C)OB(c2cccc(N(C(=O)c3ccccc3)[C@H](C(=O)NCc3ccccc3)c3ccccc3)c2)OC1(C)C. The lowest BCUT2D eigenvalue weighted by Crippen LogP contribution is -2.44. The Morgan fingerprint density at radius 1 is 0.756 bits per heavy atom. The van der Waals surface area contributed by atoms with Gasteiger partial charge in [-0.05, 0) is 68.6 Å². The van der Waals surface area contributed by atoms with E-state index < -0.39 is 24.4 Å². The van der Waals surface area contributed by atoms with E-state index in [1.54, 1.807) is 17.0 Å². The van der Waals surface area contributed by atoms with E-state index >= 15 is 0 Å². The minimum absolute atomic E-state index is 0.287. The topological polar surface area (TPSA) is 67.9 Å². The predicted molar refractivity (Wildman–Crippen MR) is 163 cm³/mol. The molecule has 0 spiro atoms. The lowest BCUT2D eigenvalue weighted by atomic mass is 9.79. The van der Waals surface area contributed by atoms with Crippen LogP contribution in [0, 0.1) is 0 Å². The first-order valence-corrected chi connectivity index (χ1v) is 13.9. The van der Waals surface area contributed by atoms with Crippen LogP contribution in [0.25, 0.3) is 0 Å². The standard InChI is InChI=1S/C34H35BN2O4/c1-33(2)34(3,4)41-35(40-33)28-21-14-22-29(23-28)37(32(39)27-19-12-7-13-20-27)30(26-17-10-6-11-18-26)31(38)36-24-25-15-8-5-9-16-25/h5-23,30H,24H2,1-4H3,(H,36,38)/t30-/m0/s1. The van der Waals surface area contributed by atoms with Crippen molar-refractivity contribution in [2.45, 2.75) is 51.5 Å². The largest absolute Gasteiger partial charge is 0.494 e. The maximum atomic E-state index is 14.3. The number of hydrogen-bond donors (Lipinski definition) is 1. The van der Waals surface area contributed by atoms with E-state index in [1.165, 1.54) is 0 Å². The Morgan fingerprint density at radius 3 is 1.93 bits per heavy atom. The first-order chi connectivity index (χ1) is 19.7. The van der Waals surface area contributed by atoms with Crippen molar-refractivity contribution in [3.05, 3.63) is 132 Å². The molecule has 1 atom stereocenters. The van der Waals surface area contributed by atoms with Crippen molar-refractivity contribution in [3.63, 3.8) is 0 Å². The van der Waals surface area contributed by atoms with Crippen molar-refractivity contribution in [2.24, 2.45) is 0 Å². The first kappa shape index (κ1) is 28.3. The molecule has 5 rings (SSSR count). The van der Waals surface area contributed by atoms with Crippen molar-refractivity contribution in [3.8, 4) is 0 Å². The molecule has 0 saturated carbocycles. The zero-order chi connectivity index (χ0) is 29.0. The van der Waals surface area contributed by atoms with E-state index in [1.807, 2.05) is 131 Å². The highest BCUT2D eigenvalue weighted by molar-refractivity contribution is 6.62. The van der Waals surface area contributed by atoms with Gasteiger partial charge < -0.3 is 14.6 Å². The van der Waals surface area contributed by atoms with Gasteiger partial charge in [0.15, 0.2) is 0 Å². The van der Waals surface area contributed by atoms with Crippen LogP contribution < -0.4 is 15.7 Å². The van der Waals surface area contributed by atoms with Crippen LogP contribution in [-0.4, -0.2) is 30.1 Å². The van der Waals surface area contributed by atoms with Crippen molar-refractivity contribution in [2.75, 3.05) is 4.90 Å². The smallest absolute Gasteiger partial charge is 0.399 e. The number of carbonyl (C=O) groups excluding carboxylic acids is 2. The number of nitrogens with one attached hydrogen (secondary N) is 1. The molecule has 1 fully saturated rings. The fraction of sp³-hybridized carbons (Fsp3) is 0.235. The second kappa shape index (κ2) is 11.7. The van der Waals surface area contributed by atoms with Crippen LogP contribution in [0.3, 0.4) is 0 Å². The van der Waals surface area contributed by atoms with Gasteiger partial charge in [0.25, 0.3) is 5.91 Å². The van der Waals surface area contributed by atoms with Gasteiger partial charge >= 0.3 is 7.12 Å². The van der Waals surface area contributed by atoms with Gasteiger partial charge in [-0.2, -0.15) is 0 Å². The summed E-state index contributed by atoms with van der Waals surface area (Å²) in [6.07, 6.45) is 0. The molecular weight excluding hydrogens is 511 g/mol. The Balaban J connectivity index is 1.58. The molecule has 1 aliphatic rings. The molecule has 6 nitrogen and oxygen atoms in total. The lowest BCUT2D eigenvalue weighted by molar-refractivity contribution is -0.122. The summed E-state index contributed by atoms with van der Waals surface area (Å²) in [6, 6.07) is 34.7. The zero-order valence-corrected chi connectivity index (χ0v) is 23.9. The van der Waals surface area contributed by atoms with Crippen LogP contribution in [0.5, 0.6) is 0 Å². The van der Waals surface area contributed by atoms with Gasteiger partial charge in [0.05, 0.1) is 11.2 Å². The van der Waals surface area contributed by atoms with Crippen LogP contribution in [0.4, 0.5) is 5.69 Å². The second-order valence-corrected chi connectivity index (χ2v) is 11.2. The van der Waals surface area contributed by atoms with Crippen molar-refractivity contribution >= 4 is 30.1 Å². The third kappa shape index (κ3) is 6.11. The molecule has 7 heteroatoms. The summed E-state index contributed by atoms with van der Waals surface area (Å²) >= 11 is 0. The maximum absolute atomic E-state index is 14.3.